The molecule has 0 saturated carbocycles. The molecule has 9 heteroatoms. The summed E-state index contributed by atoms with van der Waals surface area (Å²) in [6, 6.07) is 7.25. The molecule has 1 aliphatic carbocycles. The van der Waals surface area contributed by atoms with E-state index >= 15 is 0 Å². The number of carbonyl (C=O) groups is 1. The molecule has 4 N–H and O–H groups in total. The van der Waals surface area contributed by atoms with E-state index < -0.39 is 6.04 Å². The highest BCUT2D eigenvalue weighted by atomic mass is 16.2. The quantitative estimate of drug-likeness (QED) is 0.492. The number of nitrogens with two attached hydrogens (primary N) is 1. The van der Waals surface area contributed by atoms with Crippen LogP contribution in [0.4, 0.5) is 11.6 Å². The van der Waals surface area contributed by atoms with Crippen LogP contribution in [0.1, 0.15) is 52.8 Å². The summed E-state index contributed by atoms with van der Waals surface area (Å²) in [6.07, 6.45) is 6.94. The maximum atomic E-state index is 13.2. The molecule has 2 aliphatic rings. The summed E-state index contributed by atoms with van der Waals surface area (Å²) in [5.74, 6) is 0.531. The number of rotatable bonds is 7. The number of nitrogens with one attached hydrogen (secondary N) is 2. The van der Waals surface area contributed by atoms with Gasteiger partial charge in [-0.25, -0.2) is 9.97 Å². The van der Waals surface area contributed by atoms with Gasteiger partial charge in [0.2, 0.25) is 5.91 Å². The Bertz CT molecular complexity index is 1300. The van der Waals surface area contributed by atoms with Gasteiger partial charge in [-0.05, 0) is 62.3 Å². The molecule has 3 aromatic rings. The van der Waals surface area contributed by atoms with Gasteiger partial charge in [0.05, 0.1) is 0 Å². The van der Waals surface area contributed by atoms with E-state index in [1.807, 2.05) is 13.0 Å². The lowest BCUT2D eigenvalue weighted by Gasteiger charge is -2.16. The van der Waals surface area contributed by atoms with E-state index in [2.05, 4.69) is 32.7 Å². The van der Waals surface area contributed by atoms with Gasteiger partial charge >= 0.3 is 0 Å². The smallest absolute Gasteiger partial charge is 0.294 e. The number of anilines is 2. The number of aromatic nitrogens is 4. The molecule has 0 radical (unpaired) electrons. The van der Waals surface area contributed by atoms with Gasteiger partial charge in [0.15, 0.2) is 5.82 Å². The Morgan fingerprint density at radius 2 is 2.06 bits per heavy atom. The van der Waals surface area contributed by atoms with Crippen molar-refractivity contribution in [3.05, 3.63) is 74.7 Å². The van der Waals surface area contributed by atoms with Crippen LogP contribution < -0.4 is 21.9 Å². The molecule has 0 unspecified atom stereocenters. The van der Waals surface area contributed by atoms with E-state index in [1.54, 1.807) is 16.8 Å². The number of carbonyl (C=O) groups excluding carboxylic acids is 1. The topological polar surface area (TPSA) is 128 Å². The fourth-order valence-electron chi connectivity index (χ4n) is 4.82. The van der Waals surface area contributed by atoms with Crippen LogP contribution in [-0.2, 0) is 37.0 Å². The highest BCUT2D eigenvalue weighted by Gasteiger charge is 2.30. The van der Waals surface area contributed by atoms with Crippen LogP contribution in [-0.4, -0.2) is 32.0 Å². The first-order chi connectivity index (χ1) is 16.5. The SMILES string of the molecule is Cc1nc(N)ccc1CNC(=O)[C@@H]1CCc2cnc(NCCc3ccc4c(n3)CCC4)c(=O)n21. The van der Waals surface area contributed by atoms with Gasteiger partial charge in [-0.3, -0.25) is 19.1 Å². The maximum absolute atomic E-state index is 13.2. The molecular formula is C25H29N7O2. The molecule has 1 amide bonds. The Kier molecular flexibility index (Phi) is 6.00. The highest BCUT2D eigenvalue weighted by Crippen LogP contribution is 2.24. The standard InChI is InChI=1S/C25H29N7O2/c1-15-17(6-10-22(26)30-15)13-29-24(33)21-9-8-19-14-28-23(25(34)32(19)21)27-12-11-18-7-5-16-3-2-4-20(16)31-18/h5-7,10,14,21H,2-4,8-9,11-13H2,1H3,(H2,26,30)(H,27,28)(H,29,33)/t21-/m0/s1. The second kappa shape index (κ2) is 9.24. The zero-order chi connectivity index (χ0) is 23.7. The first-order valence-electron chi connectivity index (χ1n) is 11.8. The number of hydrogen-bond acceptors (Lipinski definition) is 7. The molecule has 5 rings (SSSR count). The lowest BCUT2D eigenvalue weighted by molar-refractivity contribution is -0.124. The number of hydrogen-bond donors (Lipinski definition) is 3. The number of nitrogen functional groups attached to an aromatic ring is 1. The molecular weight excluding hydrogens is 430 g/mol. The van der Waals surface area contributed by atoms with Crippen LogP contribution in [0.25, 0.3) is 0 Å². The Labute approximate surface area is 197 Å². The Morgan fingerprint density at radius 1 is 1.18 bits per heavy atom. The minimum Gasteiger partial charge on any atom is -0.384 e. The van der Waals surface area contributed by atoms with E-state index in [0.29, 0.717) is 38.2 Å². The monoisotopic (exact) mass is 459 g/mol. The van der Waals surface area contributed by atoms with Gasteiger partial charge in [-0.1, -0.05) is 12.1 Å². The molecule has 1 aliphatic heterocycles. The number of fused-ring (bicyclic) bond motifs is 2. The zero-order valence-corrected chi connectivity index (χ0v) is 19.3. The van der Waals surface area contributed by atoms with Crippen molar-refractivity contribution >= 4 is 17.5 Å². The summed E-state index contributed by atoms with van der Waals surface area (Å²) in [4.78, 5) is 39.4. The Hall–Kier alpha value is -3.75. The average Bonchev–Trinajstić information content (AvgIpc) is 3.47. The van der Waals surface area contributed by atoms with Crippen molar-refractivity contribution in [2.75, 3.05) is 17.6 Å². The van der Waals surface area contributed by atoms with Crippen molar-refractivity contribution < 1.29 is 4.79 Å². The molecule has 1 atom stereocenters. The molecule has 4 heterocycles. The van der Waals surface area contributed by atoms with Gasteiger partial charge in [0.1, 0.15) is 11.9 Å². The van der Waals surface area contributed by atoms with Crippen LogP contribution in [0.2, 0.25) is 0 Å². The van der Waals surface area contributed by atoms with E-state index in [4.69, 9.17) is 10.7 Å². The van der Waals surface area contributed by atoms with Gasteiger partial charge in [0.25, 0.3) is 5.56 Å². The molecule has 176 valence electrons. The predicted octanol–water partition coefficient (Wildman–Crippen LogP) is 1.87. The Morgan fingerprint density at radius 3 is 2.91 bits per heavy atom. The van der Waals surface area contributed by atoms with Gasteiger partial charge in [-0.15, -0.1) is 0 Å². The van der Waals surface area contributed by atoms with Crippen molar-refractivity contribution in [2.45, 2.75) is 58.0 Å². The van der Waals surface area contributed by atoms with Crippen LogP contribution in [0.3, 0.4) is 0 Å². The summed E-state index contributed by atoms with van der Waals surface area (Å²) < 4.78 is 1.58. The van der Waals surface area contributed by atoms with Crippen LogP contribution >= 0.6 is 0 Å². The second-order valence-electron chi connectivity index (χ2n) is 8.96. The van der Waals surface area contributed by atoms with E-state index in [9.17, 15) is 9.59 Å². The number of nitrogens with zero attached hydrogens (tertiary/aromatic N) is 4. The highest BCUT2D eigenvalue weighted by molar-refractivity contribution is 5.81. The summed E-state index contributed by atoms with van der Waals surface area (Å²) >= 11 is 0. The Balaban J connectivity index is 1.24. The number of aryl methyl sites for hydroxylation is 4. The number of pyridine rings is 2. The van der Waals surface area contributed by atoms with Crippen molar-refractivity contribution in [2.24, 2.45) is 0 Å². The van der Waals surface area contributed by atoms with Crippen LogP contribution in [0, 0.1) is 6.92 Å². The van der Waals surface area contributed by atoms with Crippen molar-refractivity contribution in [3.8, 4) is 0 Å². The van der Waals surface area contributed by atoms with E-state index in [-0.39, 0.29) is 17.3 Å². The first kappa shape index (κ1) is 22.1. The fraction of sp³-hybridized carbons (Fsp3) is 0.400. The third-order valence-corrected chi connectivity index (χ3v) is 6.69. The lowest BCUT2D eigenvalue weighted by atomic mass is 10.1. The summed E-state index contributed by atoms with van der Waals surface area (Å²) in [7, 11) is 0. The molecule has 0 bridgehead atoms. The van der Waals surface area contributed by atoms with Crippen LogP contribution in [0.15, 0.2) is 35.3 Å². The zero-order valence-electron chi connectivity index (χ0n) is 19.3. The fourth-order valence-corrected chi connectivity index (χ4v) is 4.82. The largest absolute Gasteiger partial charge is 0.384 e. The van der Waals surface area contributed by atoms with Crippen molar-refractivity contribution in [1.82, 2.24) is 24.8 Å². The third-order valence-electron chi connectivity index (χ3n) is 6.69. The maximum Gasteiger partial charge on any atom is 0.294 e. The van der Waals surface area contributed by atoms with Gasteiger partial charge < -0.3 is 16.4 Å². The molecule has 0 fully saturated rings. The summed E-state index contributed by atoms with van der Waals surface area (Å²) in [5, 5.41) is 6.10. The van der Waals surface area contributed by atoms with E-state index in [0.717, 1.165) is 35.5 Å². The minimum atomic E-state index is -0.550. The normalized spacial score (nSPS) is 16.2. The van der Waals surface area contributed by atoms with Crippen molar-refractivity contribution in [3.63, 3.8) is 0 Å². The van der Waals surface area contributed by atoms with E-state index in [1.165, 1.54) is 17.7 Å². The molecule has 9 nitrogen and oxygen atoms in total. The summed E-state index contributed by atoms with van der Waals surface area (Å²) in [6.45, 7) is 2.74. The third kappa shape index (κ3) is 4.37. The molecule has 34 heavy (non-hydrogen) atoms. The molecule has 0 saturated heterocycles. The lowest BCUT2D eigenvalue weighted by Crippen LogP contribution is -2.36. The predicted molar refractivity (Wildman–Crippen MR) is 130 cm³/mol. The molecule has 3 aromatic heterocycles. The number of amides is 1. The minimum absolute atomic E-state index is 0.184. The molecule has 0 aromatic carbocycles. The molecule has 0 spiro atoms. The van der Waals surface area contributed by atoms with Gasteiger partial charge in [-0.2, -0.15) is 0 Å². The van der Waals surface area contributed by atoms with Gasteiger partial charge in [0, 0.05) is 48.5 Å². The van der Waals surface area contributed by atoms with Crippen LogP contribution in [0.5, 0.6) is 0 Å². The first-order valence-corrected chi connectivity index (χ1v) is 11.8. The van der Waals surface area contributed by atoms with Crippen molar-refractivity contribution in [1.29, 1.82) is 0 Å². The average molecular weight is 460 g/mol. The second-order valence-corrected chi connectivity index (χ2v) is 8.96. The summed E-state index contributed by atoms with van der Waals surface area (Å²) in [5.41, 5.74) is 11.5.